The van der Waals surface area contributed by atoms with Crippen molar-refractivity contribution < 1.29 is 9.13 Å². The van der Waals surface area contributed by atoms with E-state index in [0.29, 0.717) is 11.5 Å². The van der Waals surface area contributed by atoms with E-state index >= 15 is 0 Å². The van der Waals surface area contributed by atoms with Gasteiger partial charge in [-0.1, -0.05) is 12.1 Å². The lowest BCUT2D eigenvalue weighted by Crippen LogP contribution is -1.90. The van der Waals surface area contributed by atoms with Gasteiger partial charge in [0, 0.05) is 5.56 Å². The highest BCUT2D eigenvalue weighted by atomic mass is 19.1. The fraction of sp³-hybridized carbons (Fsp3) is 0.0769. The fourth-order valence-corrected chi connectivity index (χ4v) is 1.27. The van der Waals surface area contributed by atoms with E-state index in [4.69, 9.17) is 4.74 Å². The van der Waals surface area contributed by atoms with Gasteiger partial charge in [-0.2, -0.15) is 0 Å². The van der Waals surface area contributed by atoms with Gasteiger partial charge in [0.15, 0.2) is 0 Å². The van der Waals surface area contributed by atoms with Crippen LogP contribution in [0.15, 0.2) is 54.7 Å². The Kier molecular flexibility index (Phi) is 4.12. The van der Waals surface area contributed by atoms with E-state index in [1.54, 1.807) is 12.1 Å². The highest BCUT2D eigenvalue weighted by molar-refractivity contribution is 6.23. The van der Waals surface area contributed by atoms with Crippen molar-refractivity contribution >= 4 is 13.6 Å². The standard InChI is InChI=1S/C13H14BFO/c1-9(14)8-10(2)16-11(3)12-4-6-13(15)7-5-12/h4-8H,1,3,14H2,2H3/b10-8+. The van der Waals surface area contributed by atoms with E-state index in [1.165, 1.54) is 12.1 Å². The largest absolute Gasteiger partial charge is 0.462 e. The Bertz CT molecular complexity index is 432. The van der Waals surface area contributed by atoms with Crippen molar-refractivity contribution in [3.63, 3.8) is 0 Å². The smallest absolute Gasteiger partial charge is 0.138 e. The molecule has 1 rings (SSSR count). The Labute approximate surface area is 96.3 Å². The quantitative estimate of drug-likeness (QED) is 0.427. The minimum absolute atomic E-state index is 0.272. The summed E-state index contributed by atoms with van der Waals surface area (Å²) in [6.45, 7) is 9.36. The molecule has 0 saturated heterocycles. The number of halogens is 1. The minimum Gasteiger partial charge on any atom is -0.462 e. The maximum Gasteiger partial charge on any atom is 0.138 e. The molecule has 0 N–H and O–H groups in total. The summed E-state index contributed by atoms with van der Waals surface area (Å²) < 4.78 is 18.2. The topological polar surface area (TPSA) is 9.23 Å². The maximum absolute atomic E-state index is 12.7. The summed E-state index contributed by atoms with van der Waals surface area (Å²) in [6.07, 6.45) is 1.81. The molecular formula is C13H14BFO. The SMILES string of the molecule is BC(=C)/C=C(\C)OC(=C)c1ccc(F)cc1. The summed E-state index contributed by atoms with van der Waals surface area (Å²) in [7, 11) is 1.88. The van der Waals surface area contributed by atoms with Crippen LogP contribution in [0.5, 0.6) is 0 Å². The Morgan fingerprint density at radius 3 is 2.38 bits per heavy atom. The van der Waals surface area contributed by atoms with Crippen LogP contribution in [0.2, 0.25) is 0 Å². The summed E-state index contributed by atoms with van der Waals surface area (Å²) in [5, 5.41) is 0. The van der Waals surface area contributed by atoms with Crippen LogP contribution in [0.1, 0.15) is 12.5 Å². The third-order valence-electron chi connectivity index (χ3n) is 1.90. The predicted molar refractivity (Wildman–Crippen MR) is 68.0 cm³/mol. The van der Waals surface area contributed by atoms with Gasteiger partial charge in [0.25, 0.3) is 0 Å². The highest BCUT2D eigenvalue weighted by Gasteiger charge is 2.01. The zero-order valence-electron chi connectivity index (χ0n) is 9.59. The molecule has 0 atom stereocenters. The van der Waals surface area contributed by atoms with Crippen molar-refractivity contribution in [3.05, 3.63) is 66.1 Å². The molecule has 0 unspecified atom stereocenters. The molecule has 0 heterocycles. The third-order valence-corrected chi connectivity index (χ3v) is 1.90. The molecule has 0 amide bonds. The lowest BCUT2D eigenvalue weighted by molar-refractivity contribution is 0.386. The van der Waals surface area contributed by atoms with Gasteiger partial charge in [0.1, 0.15) is 25.2 Å². The maximum atomic E-state index is 12.7. The van der Waals surface area contributed by atoms with E-state index in [-0.39, 0.29) is 5.82 Å². The molecule has 3 heteroatoms. The molecule has 0 aliphatic carbocycles. The molecule has 1 aromatic carbocycles. The van der Waals surface area contributed by atoms with Crippen molar-refractivity contribution in [1.82, 2.24) is 0 Å². The second kappa shape index (κ2) is 5.35. The molecule has 0 radical (unpaired) electrons. The molecule has 16 heavy (non-hydrogen) atoms. The molecule has 0 fully saturated rings. The first-order valence-electron chi connectivity index (χ1n) is 4.95. The summed E-state index contributed by atoms with van der Waals surface area (Å²) in [5.41, 5.74) is 1.67. The summed E-state index contributed by atoms with van der Waals surface area (Å²) >= 11 is 0. The van der Waals surface area contributed by atoms with Crippen molar-refractivity contribution in [2.45, 2.75) is 6.92 Å². The lowest BCUT2D eigenvalue weighted by Gasteiger charge is -2.09. The van der Waals surface area contributed by atoms with Gasteiger partial charge in [-0.25, -0.2) is 4.39 Å². The summed E-state index contributed by atoms with van der Waals surface area (Å²) in [5.74, 6) is 0.933. The van der Waals surface area contributed by atoms with Crippen LogP contribution < -0.4 is 0 Å². The van der Waals surface area contributed by atoms with E-state index in [2.05, 4.69) is 13.2 Å². The number of allylic oxidation sites excluding steroid dienone is 3. The highest BCUT2D eigenvalue weighted by Crippen LogP contribution is 2.17. The molecule has 82 valence electrons. The van der Waals surface area contributed by atoms with Gasteiger partial charge in [-0.15, -0.1) is 6.58 Å². The van der Waals surface area contributed by atoms with Gasteiger partial charge in [-0.05, 0) is 37.3 Å². The second-order valence-corrected chi connectivity index (χ2v) is 3.63. The number of benzene rings is 1. The van der Waals surface area contributed by atoms with Crippen LogP contribution in [-0.4, -0.2) is 7.85 Å². The summed E-state index contributed by atoms with van der Waals surface area (Å²) in [6, 6.07) is 6.01. The number of rotatable bonds is 4. The molecule has 0 aliphatic heterocycles. The Morgan fingerprint density at radius 1 is 1.31 bits per heavy atom. The minimum atomic E-state index is -0.272. The first kappa shape index (κ1) is 12.3. The van der Waals surface area contributed by atoms with E-state index in [9.17, 15) is 4.39 Å². The van der Waals surface area contributed by atoms with Crippen LogP contribution in [-0.2, 0) is 4.74 Å². The number of hydrogen-bond acceptors (Lipinski definition) is 1. The van der Waals surface area contributed by atoms with Gasteiger partial charge in [0.05, 0.1) is 0 Å². The van der Waals surface area contributed by atoms with E-state index in [0.717, 1.165) is 11.0 Å². The normalized spacial score (nSPS) is 11.0. The fourth-order valence-electron chi connectivity index (χ4n) is 1.27. The van der Waals surface area contributed by atoms with Crippen LogP contribution in [0.4, 0.5) is 4.39 Å². The summed E-state index contributed by atoms with van der Waals surface area (Å²) in [4.78, 5) is 0. The number of ether oxygens (including phenoxy) is 1. The number of hydrogen-bond donors (Lipinski definition) is 0. The predicted octanol–water partition coefficient (Wildman–Crippen LogP) is 2.86. The van der Waals surface area contributed by atoms with Crippen LogP contribution in [0, 0.1) is 5.82 Å². The van der Waals surface area contributed by atoms with Crippen LogP contribution in [0.25, 0.3) is 5.76 Å². The molecule has 0 spiro atoms. The van der Waals surface area contributed by atoms with Crippen LogP contribution in [0.3, 0.4) is 0 Å². The Hall–Kier alpha value is -1.77. The molecule has 0 bridgehead atoms. The van der Waals surface area contributed by atoms with Crippen molar-refractivity contribution in [3.8, 4) is 0 Å². The average molecular weight is 216 g/mol. The van der Waals surface area contributed by atoms with Crippen molar-refractivity contribution in [1.29, 1.82) is 0 Å². The van der Waals surface area contributed by atoms with Gasteiger partial charge >= 0.3 is 0 Å². The first-order valence-corrected chi connectivity index (χ1v) is 4.95. The first-order chi connectivity index (χ1) is 7.49. The lowest BCUT2D eigenvalue weighted by atomic mass is 9.97. The Balaban J connectivity index is 2.73. The molecule has 1 nitrogen and oxygen atoms in total. The third kappa shape index (κ3) is 3.77. The molecular weight excluding hydrogens is 202 g/mol. The van der Waals surface area contributed by atoms with Crippen LogP contribution >= 0.6 is 0 Å². The Morgan fingerprint density at radius 2 is 1.88 bits per heavy atom. The zero-order valence-corrected chi connectivity index (χ0v) is 9.59. The average Bonchev–Trinajstić information content (AvgIpc) is 2.16. The van der Waals surface area contributed by atoms with E-state index < -0.39 is 0 Å². The molecule has 0 aliphatic rings. The van der Waals surface area contributed by atoms with Crippen molar-refractivity contribution in [2.75, 3.05) is 0 Å². The second-order valence-electron chi connectivity index (χ2n) is 3.63. The zero-order chi connectivity index (χ0) is 12.1. The van der Waals surface area contributed by atoms with Gasteiger partial charge < -0.3 is 4.74 Å². The van der Waals surface area contributed by atoms with E-state index in [1.807, 2.05) is 20.8 Å². The van der Waals surface area contributed by atoms with Gasteiger partial charge in [-0.3, -0.25) is 0 Å². The molecule has 1 aromatic rings. The molecule has 0 aromatic heterocycles. The monoisotopic (exact) mass is 216 g/mol. The van der Waals surface area contributed by atoms with Gasteiger partial charge in [0.2, 0.25) is 0 Å². The van der Waals surface area contributed by atoms with Crippen molar-refractivity contribution in [2.24, 2.45) is 0 Å². The molecule has 0 saturated carbocycles.